The Hall–Kier alpha value is -3.95. The largest absolute Gasteiger partial charge is 0.487 e. The fourth-order valence-corrected chi connectivity index (χ4v) is 3.28. The molecule has 0 aromatic heterocycles. The maximum Gasteiger partial charge on any atom is 0.344 e. The number of rotatable bonds is 7. The van der Waals surface area contributed by atoms with Gasteiger partial charge in [-0.1, -0.05) is 37.3 Å². The number of nitrogens with one attached hydrogen (secondary N) is 2. The molecular weight excluding hydrogens is 392 g/mol. The van der Waals surface area contributed by atoms with Gasteiger partial charge in [-0.2, -0.15) is 5.01 Å². The van der Waals surface area contributed by atoms with Crippen molar-refractivity contribution in [1.29, 1.82) is 0 Å². The summed E-state index contributed by atoms with van der Waals surface area (Å²) < 4.78 is 5.19. The zero-order valence-electron chi connectivity index (χ0n) is 16.4. The second-order valence-electron chi connectivity index (χ2n) is 6.51. The van der Waals surface area contributed by atoms with Gasteiger partial charge in [-0.15, -0.1) is 0 Å². The Morgan fingerprint density at radius 1 is 1.20 bits per heavy atom. The molecule has 1 aliphatic rings. The number of hydrazine groups is 1. The first kappa shape index (κ1) is 20.8. The van der Waals surface area contributed by atoms with Gasteiger partial charge in [0.15, 0.2) is 5.75 Å². The van der Waals surface area contributed by atoms with Crippen molar-refractivity contribution >= 4 is 23.5 Å². The number of ether oxygens (including phenoxy) is 1. The van der Waals surface area contributed by atoms with E-state index < -0.39 is 34.0 Å². The highest BCUT2D eigenvalue weighted by molar-refractivity contribution is 6.09. The average molecular weight is 412 g/mol. The Bertz CT molecular complexity index is 1010. The lowest BCUT2D eigenvalue weighted by Crippen LogP contribution is -2.48. The molecule has 3 rings (SSSR count). The monoisotopic (exact) mass is 412 g/mol. The van der Waals surface area contributed by atoms with Gasteiger partial charge in [0.2, 0.25) is 0 Å². The van der Waals surface area contributed by atoms with Gasteiger partial charge < -0.3 is 10.1 Å². The molecule has 156 valence electrons. The van der Waals surface area contributed by atoms with Crippen molar-refractivity contribution in [2.24, 2.45) is 0 Å². The molecule has 2 aromatic rings. The molecule has 0 spiro atoms. The summed E-state index contributed by atoms with van der Waals surface area (Å²) >= 11 is 0. The van der Waals surface area contributed by atoms with E-state index in [0.717, 1.165) is 6.07 Å². The van der Waals surface area contributed by atoms with Crippen LogP contribution in [0.25, 0.3) is 0 Å². The predicted molar refractivity (Wildman–Crippen MR) is 106 cm³/mol. The normalized spacial score (nSPS) is 18.1. The van der Waals surface area contributed by atoms with Crippen LogP contribution in [-0.4, -0.2) is 34.4 Å². The molecule has 0 radical (unpaired) electrons. The summed E-state index contributed by atoms with van der Waals surface area (Å²) in [5.41, 5.74) is 1.02. The van der Waals surface area contributed by atoms with Crippen molar-refractivity contribution in [2.75, 3.05) is 6.61 Å². The third kappa shape index (κ3) is 3.54. The van der Waals surface area contributed by atoms with E-state index in [0.29, 0.717) is 10.6 Å². The van der Waals surface area contributed by atoms with Crippen LogP contribution in [0.1, 0.15) is 36.2 Å². The molecule has 10 heteroatoms. The second kappa shape index (κ2) is 8.19. The fraction of sp³-hybridized carbons (Fsp3) is 0.250. The number of urea groups is 1. The summed E-state index contributed by atoms with van der Waals surface area (Å²) in [5.74, 6) is -1.47. The summed E-state index contributed by atoms with van der Waals surface area (Å²) in [5, 5.41) is 14.5. The predicted octanol–water partition coefficient (Wildman–Crippen LogP) is 2.50. The Morgan fingerprint density at radius 2 is 1.90 bits per heavy atom. The van der Waals surface area contributed by atoms with Crippen molar-refractivity contribution in [2.45, 2.75) is 25.8 Å². The number of imide groups is 1. The maximum atomic E-state index is 13.1. The molecular formula is C20H20N4O6. The van der Waals surface area contributed by atoms with Gasteiger partial charge >= 0.3 is 11.7 Å². The molecule has 2 aromatic carbocycles. The van der Waals surface area contributed by atoms with Crippen LogP contribution in [0.2, 0.25) is 0 Å². The summed E-state index contributed by atoms with van der Waals surface area (Å²) in [6.45, 7) is 3.63. The first-order valence-electron chi connectivity index (χ1n) is 9.28. The minimum Gasteiger partial charge on any atom is -0.487 e. The number of nitro groups is 1. The van der Waals surface area contributed by atoms with Crippen LogP contribution in [0.5, 0.6) is 5.75 Å². The summed E-state index contributed by atoms with van der Waals surface area (Å²) in [6.07, 6.45) is 0.266. The first-order valence-corrected chi connectivity index (χ1v) is 9.28. The van der Waals surface area contributed by atoms with Crippen molar-refractivity contribution in [3.63, 3.8) is 0 Å². The number of nitro benzene ring substituents is 1. The number of carbonyl (C=O) groups is 3. The maximum absolute atomic E-state index is 13.1. The molecule has 1 atom stereocenters. The van der Waals surface area contributed by atoms with Crippen LogP contribution >= 0.6 is 0 Å². The molecule has 4 amide bonds. The SMILES string of the molecule is CCOc1ccc(C(=O)NN2C(=O)N[C@@](CC)(c3ccccc3)C2=O)cc1[N+](=O)[O-]. The van der Waals surface area contributed by atoms with Gasteiger partial charge in [-0.25, -0.2) is 4.79 Å². The Balaban J connectivity index is 1.87. The second-order valence-corrected chi connectivity index (χ2v) is 6.51. The zero-order valence-corrected chi connectivity index (χ0v) is 16.4. The molecule has 0 unspecified atom stereocenters. The van der Waals surface area contributed by atoms with Crippen molar-refractivity contribution in [1.82, 2.24) is 15.8 Å². The molecule has 1 aliphatic heterocycles. The molecule has 1 heterocycles. The van der Waals surface area contributed by atoms with Crippen LogP contribution in [0, 0.1) is 10.1 Å². The van der Waals surface area contributed by atoms with Crippen LogP contribution in [0.3, 0.4) is 0 Å². The smallest absolute Gasteiger partial charge is 0.344 e. The van der Waals surface area contributed by atoms with Gasteiger partial charge in [0.1, 0.15) is 5.54 Å². The lowest BCUT2D eigenvalue weighted by Gasteiger charge is -2.25. The number of hydrogen-bond acceptors (Lipinski definition) is 6. The number of carbonyl (C=O) groups excluding carboxylic acids is 3. The summed E-state index contributed by atoms with van der Waals surface area (Å²) in [6, 6.07) is 11.5. The molecule has 10 nitrogen and oxygen atoms in total. The molecule has 1 saturated heterocycles. The Kier molecular flexibility index (Phi) is 5.67. The topological polar surface area (TPSA) is 131 Å². The van der Waals surface area contributed by atoms with Gasteiger partial charge in [0.25, 0.3) is 11.8 Å². The minimum atomic E-state index is -1.31. The number of hydrogen-bond donors (Lipinski definition) is 2. The van der Waals surface area contributed by atoms with Crippen LogP contribution in [-0.2, 0) is 10.3 Å². The van der Waals surface area contributed by atoms with Crippen molar-refractivity contribution in [3.05, 3.63) is 69.8 Å². The van der Waals surface area contributed by atoms with Gasteiger partial charge in [-0.3, -0.25) is 25.1 Å². The van der Waals surface area contributed by atoms with Crippen molar-refractivity contribution < 1.29 is 24.0 Å². The molecule has 1 fully saturated rings. The first-order chi connectivity index (χ1) is 14.3. The van der Waals surface area contributed by atoms with E-state index in [2.05, 4.69) is 10.7 Å². The third-order valence-corrected chi connectivity index (χ3v) is 4.82. The van der Waals surface area contributed by atoms with Crippen LogP contribution in [0.4, 0.5) is 10.5 Å². The van der Waals surface area contributed by atoms with Crippen molar-refractivity contribution in [3.8, 4) is 5.75 Å². The van der Waals surface area contributed by atoms with Gasteiger partial charge in [-0.05, 0) is 31.0 Å². The molecule has 0 aliphatic carbocycles. The number of amides is 4. The molecule has 2 N–H and O–H groups in total. The molecule has 0 bridgehead atoms. The van der Waals surface area contributed by atoms with Gasteiger partial charge in [0.05, 0.1) is 11.5 Å². The number of nitrogens with zero attached hydrogens (tertiary/aromatic N) is 2. The minimum absolute atomic E-state index is 0.0168. The highest BCUT2D eigenvalue weighted by Crippen LogP contribution is 2.32. The summed E-state index contributed by atoms with van der Waals surface area (Å²) in [7, 11) is 0. The van der Waals surface area contributed by atoms with Crippen LogP contribution < -0.4 is 15.5 Å². The Labute approximate surface area is 171 Å². The van der Waals surface area contributed by atoms with E-state index in [1.54, 1.807) is 44.2 Å². The van der Waals surface area contributed by atoms with E-state index >= 15 is 0 Å². The summed E-state index contributed by atoms with van der Waals surface area (Å²) in [4.78, 5) is 48.7. The lowest BCUT2D eigenvalue weighted by atomic mass is 9.87. The highest BCUT2D eigenvalue weighted by Gasteiger charge is 2.52. The van der Waals surface area contributed by atoms with E-state index in [9.17, 15) is 24.5 Å². The highest BCUT2D eigenvalue weighted by atomic mass is 16.6. The van der Waals surface area contributed by atoms with E-state index in [1.165, 1.54) is 12.1 Å². The fourth-order valence-electron chi connectivity index (χ4n) is 3.28. The number of benzene rings is 2. The van der Waals surface area contributed by atoms with E-state index in [1.807, 2.05) is 0 Å². The molecule has 0 saturated carbocycles. The van der Waals surface area contributed by atoms with Gasteiger partial charge in [0, 0.05) is 11.6 Å². The van der Waals surface area contributed by atoms with E-state index in [-0.39, 0.29) is 24.3 Å². The Morgan fingerprint density at radius 3 is 2.50 bits per heavy atom. The van der Waals surface area contributed by atoms with E-state index in [4.69, 9.17) is 4.74 Å². The lowest BCUT2D eigenvalue weighted by molar-refractivity contribution is -0.385. The van der Waals surface area contributed by atoms with Crippen LogP contribution in [0.15, 0.2) is 48.5 Å². The third-order valence-electron chi connectivity index (χ3n) is 4.82. The standard InChI is InChI=1S/C20H20N4O6/c1-3-20(14-8-6-5-7-9-14)18(26)23(19(27)21-20)22-17(25)13-10-11-16(30-4-2)15(12-13)24(28)29/h5-12H,3-4H2,1-2H3,(H,21,27)(H,22,25)/t20-/m0/s1. The average Bonchev–Trinajstić information content (AvgIpc) is 2.99. The molecule has 30 heavy (non-hydrogen) atoms. The zero-order chi connectivity index (χ0) is 21.9. The quantitative estimate of drug-likeness (QED) is 0.408.